The lowest BCUT2D eigenvalue weighted by atomic mass is 10.1. The summed E-state index contributed by atoms with van der Waals surface area (Å²) in [5.74, 6) is 0.543. The molecule has 0 aromatic heterocycles. The van der Waals surface area contributed by atoms with Crippen molar-refractivity contribution in [1.29, 1.82) is 0 Å². The molecule has 2 rings (SSSR count). The standard InChI is InChI=1S/C21H24F3NO2/c1-16(2)25(14-6-7-15-27-19-8-4-3-5-9-19)20(26)17-10-12-18(13-11-17)21(22,23)24/h3-5,8-13,16H,6-7,14-15H2,1-2H3. The van der Waals surface area contributed by atoms with Crippen LogP contribution in [0.25, 0.3) is 0 Å². The summed E-state index contributed by atoms with van der Waals surface area (Å²) in [5, 5.41) is 0. The van der Waals surface area contributed by atoms with E-state index in [1.165, 1.54) is 12.1 Å². The molecule has 1 amide bonds. The van der Waals surface area contributed by atoms with Crippen molar-refractivity contribution in [2.24, 2.45) is 0 Å². The number of para-hydroxylation sites is 1. The lowest BCUT2D eigenvalue weighted by Gasteiger charge is -2.27. The lowest BCUT2D eigenvalue weighted by Crippen LogP contribution is -2.37. The molecule has 0 aliphatic rings. The first-order valence-electron chi connectivity index (χ1n) is 8.95. The van der Waals surface area contributed by atoms with Crippen LogP contribution in [0.15, 0.2) is 54.6 Å². The van der Waals surface area contributed by atoms with Crippen LogP contribution in [0.1, 0.15) is 42.6 Å². The van der Waals surface area contributed by atoms with E-state index in [2.05, 4.69) is 0 Å². The molecule has 6 heteroatoms. The maximum Gasteiger partial charge on any atom is 0.416 e. The van der Waals surface area contributed by atoms with Crippen molar-refractivity contribution in [3.63, 3.8) is 0 Å². The smallest absolute Gasteiger partial charge is 0.416 e. The number of nitrogens with zero attached hydrogens (tertiary/aromatic N) is 1. The molecule has 0 heterocycles. The quantitative estimate of drug-likeness (QED) is 0.574. The number of ether oxygens (including phenoxy) is 1. The number of carbonyl (C=O) groups excluding carboxylic acids is 1. The molecule has 0 aliphatic carbocycles. The fourth-order valence-electron chi connectivity index (χ4n) is 2.65. The first-order chi connectivity index (χ1) is 12.8. The Hall–Kier alpha value is -2.50. The number of carbonyl (C=O) groups is 1. The van der Waals surface area contributed by atoms with Gasteiger partial charge >= 0.3 is 6.18 Å². The fourth-order valence-corrected chi connectivity index (χ4v) is 2.65. The highest BCUT2D eigenvalue weighted by Gasteiger charge is 2.30. The average Bonchev–Trinajstić information content (AvgIpc) is 2.64. The van der Waals surface area contributed by atoms with Gasteiger partial charge in [0, 0.05) is 18.2 Å². The molecule has 0 spiro atoms. The van der Waals surface area contributed by atoms with Crippen molar-refractivity contribution in [1.82, 2.24) is 4.90 Å². The zero-order valence-corrected chi connectivity index (χ0v) is 15.5. The van der Waals surface area contributed by atoms with Crippen molar-refractivity contribution in [3.8, 4) is 5.75 Å². The zero-order chi connectivity index (χ0) is 19.9. The van der Waals surface area contributed by atoms with Gasteiger partial charge in [0.25, 0.3) is 5.91 Å². The van der Waals surface area contributed by atoms with Gasteiger partial charge in [-0.15, -0.1) is 0 Å². The van der Waals surface area contributed by atoms with Crippen LogP contribution < -0.4 is 4.74 Å². The van der Waals surface area contributed by atoms with Gasteiger partial charge in [-0.2, -0.15) is 13.2 Å². The second-order valence-electron chi connectivity index (χ2n) is 6.54. The Morgan fingerprint density at radius 1 is 1.00 bits per heavy atom. The largest absolute Gasteiger partial charge is 0.494 e. The molecule has 27 heavy (non-hydrogen) atoms. The number of unbranched alkanes of at least 4 members (excludes halogenated alkanes) is 1. The summed E-state index contributed by atoms with van der Waals surface area (Å²) in [4.78, 5) is 14.3. The van der Waals surface area contributed by atoms with E-state index in [9.17, 15) is 18.0 Å². The third-order valence-electron chi connectivity index (χ3n) is 4.15. The first-order valence-corrected chi connectivity index (χ1v) is 8.95. The van der Waals surface area contributed by atoms with Gasteiger partial charge in [0.2, 0.25) is 0 Å². The van der Waals surface area contributed by atoms with Gasteiger partial charge in [0.05, 0.1) is 12.2 Å². The molecule has 0 N–H and O–H groups in total. The van der Waals surface area contributed by atoms with Crippen molar-refractivity contribution in [2.75, 3.05) is 13.2 Å². The molecule has 0 bridgehead atoms. The van der Waals surface area contributed by atoms with E-state index < -0.39 is 11.7 Å². The van der Waals surface area contributed by atoms with Crippen LogP contribution in [0, 0.1) is 0 Å². The summed E-state index contributed by atoms with van der Waals surface area (Å²) in [7, 11) is 0. The normalized spacial score (nSPS) is 11.5. The van der Waals surface area contributed by atoms with E-state index in [1.54, 1.807) is 4.90 Å². The van der Waals surface area contributed by atoms with Crippen LogP contribution in [0.3, 0.4) is 0 Å². The Labute approximate surface area is 157 Å². The Morgan fingerprint density at radius 2 is 1.63 bits per heavy atom. The second kappa shape index (κ2) is 9.44. The van der Waals surface area contributed by atoms with Crippen LogP contribution in [0.2, 0.25) is 0 Å². The summed E-state index contributed by atoms with van der Waals surface area (Å²) in [6.07, 6.45) is -2.88. The van der Waals surface area contributed by atoms with Gasteiger partial charge < -0.3 is 9.64 Å². The number of halogens is 3. The van der Waals surface area contributed by atoms with E-state index in [1.807, 2.05) is 44.2 Å². The number of hydrogen-bond acceptors (Lipinski definition) is 2. The Bertz CT molecular complexity index is 712. The van der Waals surface area contributed by atoms with Crippen LogP contribution >= 0.6 is 0 Å². The first kappa shape index (κ1) is 20.8. The molecule has 3 nitrogen and oxygen atoms in total. The minimum absolute atomic E-state index is 0.0464. The van der Waals surface area contributed by atoms with Gasteiger partial charge in [-0.1, -0.05) is 18.2 Å². The van der Waals surface area contributed by atoms with Gasteiger partial charge in [-0.3, -0.25) is 4.79 Å². The second-order valence-corrected chi connectivity index (χ2v) is 6.54. The molecule has 2 aromatic carbocycles. The summed E-state index contributed by atoms with van der Waals surface area (Å²) in [5.41, 5.74) is -0.495. The third kappa shape index (κ3) is 6.31. The minimum atomic E-state index is -4.40. The van der Waals surface area contributed by atoms with Gasteiger partial charge in [-0.05, 0) is 63.1 Å². The monoisotopic (exact) mass is 379 g/mol. The van der Waals surface area contributed by atoms with E-state index in [0.29, 0.717) is 13.2 Å². The van der Waals surface area contributed by atoms with Crippen LogP contribution in [-0.2, 0) is 6.18 Å². The number of benzene rings is 2. The molecule has 0 unspecified atom stereocenters. The Morgan fingerprint density at radius 3 is 2.19 bits per heavy atom. The van der Waals surface area contributed by atoms with Crippen molar-refractivity contribution < 1.29 is 22.7 Å². The maximum atomic E-state index is 12.7. The highest BCUT2D eigenvalue weighted by molar-refractivity contribution is 5.94. The van der Waals surface area contributed by atoms with E-state index in [4.69, 9.17) is 4.74 Å². The average molecular weight is 379 g/mol. The molecular weight excluding hydrogens is 355 g/mol. The molecule has 0 aliphatic heterocycles. The third-order valence-corrected chi connectivity index (χ3v) is 4.15. The lowest BCUT2D eigenvalue weighted by molar-refractivity contribution is -0.137. The molecule has 0 saturated heterocycles. The van der Waals surface area contributed by atoms with Gasteiger partial charge in [0.15, 0.2) is 0 Å². The molecule has 146 valence electrons. The van der Waals surface area contributed by atoms with Crippen molar-refractivity contribution >= 4 is 5.91 Å². The summed E-state index contributed by atoms with van der Waals surface area (Å²) in [6, 6.07) is 13.8. The van der Waals surface area contributed by atoms with E-state index >= 15 is 0 Å². The summed E-state index contributed by atoms with van der Waals surface area (Å²) in [6.45, 7) is 4.85. The fraction of sp³-hybridized carbons (Fsp3) is 0.381. The number of amides is 1. The maximum absolute atomic E-state index is 12.7. The highest BCUT2D eigenvalue weighted by Crippen LogP contribution is 2.29. The molecule has 0 radical (unpaired) electrons. The Balaban J connectivity index is 1.87. The highest BCUT2D eigenvalue weighted by atomic mass is 19.4. The van der Waals surface area contributed by atoms with E-state index in [-0.39, 0.29) is 17.5 Å². The van der Waals surface area contributed by atoms with Gasteiger partial charge in [0.1, 0.15) is 5.75 Å². The van der Waals surface area contributed by atoms with Crippen LogP contribution in [0.4, 0.5) is 13.2 Å². The molecular formula is C21H24F3NO2. The predicted octanol–water partition coefficient (Wildman–Crippen LogP) is 5.42. The number of hydrogen-bond donors (Lipinski definition) is 0. The molecule has 0 saturated carbocycles. The molecule has 0 atom stereocenters. The number of alkyl halides is 3. The molecule has 0 fully saturated rings. The van der Waals surface area contributed by atoms with Crippen LogP contribution in [-0.4, -0.2) is 30.0 Å². The predicted molar refractivity (Wildman–Crippen MR) is 98.8 cm³/mol. The SMILES string of the molecule is CC(C)N(CCCCOc1ccccc1)C(=O)c1ccc(C(F)(F)F)cc1. The zero-order valence-electron chi connectivity index (χ0n) is 15.5. The van der Waals surface area contributed by atoms with Gasteiger partial charge in [-0.25, -0.2) is 0 Å². The van der Waals surface area contributed by atoms with Crippen molar-refractivity contribution in [3.05, 3.63) is 65.7 Å². The van der Waals surface area contributed by atoms with Crippen LogP contribution in [0.5, 0.6) is 5.75 Å². The molecule has 2 aromatic rings. The summed E-state index contributed by atoms with van der Waals surface area (Å²) >= 11 is 0. The minimum Gasteiger partial charge on any atom is -0.494 e. The summed E-state index contributed by atoms with van der Waals surface area (Å²) < 4.78 is 43.6. The van der Waals surface area contributed by atoms with E-state index in [0.717, 1.165) is 30.7 Å². The Kier molecular flexibility index (Phi) is 7.28. The topological polar surface area (TPSA) is 29.5 Å². The van der Waals surface area contributed by atoms with Crippen molar-refractivity contribution in [2.45, 2.75) is 38.9 Å². The number of rotatable bonds is 8.